The van der Waals surface area contributed by atoms with Crippen molar-refractivity contribution in [3.63, 3.8) is 0 Å². The van der Waals surface area contributed by atoms with E-state index < -0.39 is 10.0 Å². The zero-order valence-corrected chi connectivity index (χ0v) is 14.6. The Bertz CT molecular complexity index is 528. The van der Waals surface area contributed by atoms with Crippen molar-refractivity contribution in [1.82, 2.24) is 9.62 Å². The summed E-state index contributed by atoms with van der Waals surface area (Å²) in [6.07, 6.45) is 0.543. The highest BCUT2D eigenvalue weighted by atomic mass is 32.2. The van der Waals surface area contributed by atoms with Gasteiger partial charge in [-0.2, -0.15) is 0 Å². The SMILES string of the molecule is CN(C)CCNS(=O)(=O)CCc1ccc(C(C)(C)C)cc1. The molecule has 1 aromatic carbocycles. The summed E-state index contributed by atoms with van der Waals surface area (Å²) in [6.45, 7) is 7.67. The third kappa shape index (κ3) is 7.07. The van der Waals surface area contributed by atoms with Crippen molar-refractivity contribution in [3.8, 4) is 0 Å². The summed E-state index contributed by atoms with van der Waals surface area (Å²) >= 11 is 0. The van der Waals surface area contributed by atoms with E-state index in [9.17, 15) is 8.42 Å². The number of aryl methyl sites for hydroxylation is 1. The Balaban J connectivity index is 2.51. The first-order valence-corrected chi connectivity index (χ1v) is 8.97. The van der Waals surface area contributed by atoms with Gasteiger partial charge < -0.3 is 4.90 Å². The molecule has 0 atom stereocenters. The molecule has 120 valence electrons. The second-order valence-electron chi connectivity index (χ2n) is 6.71. The number of likely N-dealkylation sites (N-methyl/N-ethyl adjacent to an activating group) is 1. The molecule has 0 fully saturated rings. The van der Waals surface area contributed by atoms with E-state index in [-0.39, 0.29) is 11.2 Å². The Morgan fingerprint density at radius 2 is 1.67 bits per heavy atom. The molecule has 0 aliphatic heterocycles. The quantitative estimate of drug-likeness (QED) is 0.838. The van der Waals surface area contributed by atoms with Crippen LogP contribution in [0.3, 0.4) is 0 Å². The molecule has 5 heteroatoms. The first-order chi connectivity index (χ1) is 9.60. The van der Waals surface area contributed by atoms with Gasteiger partial charge in [0, 0.05) is 13.1 Å². The van der Waals surface area contributed by atoms with Crippen LogP contribution in [0, 0.1) is 0 Å². The Labute approximate surface area is 129 Å². The van der Waals surface area contributed by atoms with Crippen LogP contribution in [0.4, 0.5) is 0 Å². The van der Waals surface area contributed by atoms with E-state index >= 15 is 0 Å². The number of nitrogens with zero attached hydrogens (tertiary/aromatic N) is 1. The van der Waals surface area contributed by atoms with E-state index in [4.69, 9.17) is 0 Å². The Kier molecular flexibility index (Phi) is 6.38. The topological polar surface area (TPSA) is 49.4 Å². The van der Waals surface area contributed by atoms with Crippen LogP contribution >= 0.6 is 0 Å². The third-order valence-corrected chi connectivity index (χ3v) is 4.75. The van der Waals surface area contributed by atoms with Gasteiger partial charge in [0.15, 0.2) is 0 Å². The molecular weight excluding hydrogens is 284 g/mol. The maximum absolute atomic E-state index is 11.9. The number of rotatable bonds is 7. The summed E-state index contributed by atoms with van der Waals surface area (Å²) in [4.78, 5) is 1.95. The fraction of sp³-hybridized carbons (Fsp3) is 0.625. The number of benzene rings is 1. The van der Waals surface area contributed by atoms with E-state index in [1.165, 1.54) is 5.56 Å². The van der Waals surface area contributed by atoms with Crippen LogP contribution in [0.25, 0.3) is 0 Å². The van der Waals surface area contributed by atoms with Gasteiger partial charge in [-0.25, -0.2) is 13.1 Å². The molecule has 1 N–H and O–H groups in total. The van der Waals surface area contributed by atoms with Crippen LogP contribution in [-0.2, 0) is 21.9 Å². The van der Waals surface area contributed by atoms with Crippen LogP contribution in [0.1, 0.15) is 31.9 Å². The van der Waals surface area contributed by atoms with Gasteiger partial charge >= 0.3 is 0 Å². The lowest BCUT2D eigenvalue weighted by molar-refractivity contribution is 0.412. The van der Waals surface area contributed by atoms with Crippen LogP contribution in [0.2, 0.25) is 0 Å². The summed E-state index contributed by atoms with van der Waals surface area (Å²) in [7, 11) is 0.653. The maximum atomic E-state index is 11.9. The lowest BCUT2D eigenvalue weighted by Gasteiger charge is -2.19. The van der Waals surface area contributed by atoms with Gasteiger partial charge in [0.2, 0.25) is 10.0 Å². The van der Waals surface area contributed by atoms with Gasteiger partial charge in [0.05, 0.1) is 5.75 Å². The van der Waals surface area contributed by atoms with Gasteiger partial charge in [-0.15, -0.1) is 0 Å². The summed E-state index contributed by atoms with van der Waals surface area (Å²) in [5, 5.41) is 0. The van der Waals surface area contributed by atoms with Crippen LogP contribution in [-0.4, -0.2) is 46.3 Å². The van der Waals surface area contributed by atoms with E-state index in [1.807, 2.05) is 31.1 Å². The molecular formula is C16H28N2O2S. The Morgan fingerprint density at radius 3 is 2.14 bits per heavy atom. The van der Waals surface area contributed by atoms with Gasteiger partial charge in [-0.1, -0.05) is 45.0 Å². The lowest BCUT2D eigenvalue weighted by Crippen LogP contribution is -2.33. The molecule has 0 amide bonds. The van der Waals surface area contributed by atoms with E-state index in [2.05, 4.69) is 37.6 Å². The molecule has 0 saturated carbocycles. The molecule has 0 unspecified atom stereocenters. The predicted octanol–water partition coefficient (Wildman–Crippen LogP) is 2.01. The molecule has 0 bridgehead atoms. The van der Waals surface area contributed by atoms with E-state index in [0.717, 1.165) is 5.56 Å². The molecule has 1 aromatic rings. The van der Waals surface area contributed by atoms with Gasteiger partial charge in [-0.05, 0) is 37.1 Å². The normalized spacial score (nSPS) is 12.9. The number of nitrogens with one attached hydrogen (secondary N) is 1. The largest absolute Gasteiger partial charge is 0.308 e. The second kappa shape index (κ2) is 7.38. The maximum Gasteiger partial charge on any atom is 0.211 e. The predicted molar refractivity (Wildman–Crippen MR) is 89.2 cm³/mol. The number of sulfonamides is 1. The van der Waals surface area contributed by atoms with Crippen molar-refractivity contribution in [2.24, 2.45) is 0 Å². The molecule has 0 saturated heterocycles. The summed E-state index contributed by atoms with van der Waals surface area (Å²) in [6, 6.07) is 8.22. The molecule has 0 aliphatic rings. The summed E-state index contributed by atoms with van der Waals surface area (Å²) < 4.78 is 26.4. The fourth-order valence-corrected chi connectivity index (χ4v) is 2.97. The van der Waals surface area contributed by atoms with Crippen LogP contribution in [0.5, 0.6) is 0 Å². The van der Waals surface area contributed by atoms with Crippen molar-refractivity contribution in [2.75, 3.05) is 32.9 Å². The summed E-state index contributed by atoms with van der Waals surface area (Å²) in [5.41, 5.74) is 2.44. The minimum absolute atomic E-state index is 0.123. The smallest absolute Gasteiger partial charge is 0.211 e. The number of hydrogen-bond donors (Lipinski definition) is 1. The molecule has 0 aliphatic carbocycles. The molecule has 21 heavy (non-hydrogen) atoms. The Morgan fingerprint density at radius 1 is 1.10 bits per heavy atom. The summed E-state index contributed by atoms with van der Waals surface area (Å²) in [5.74, 6) is 0.134. The number of hydrogen-bond acceptors (Lipinski definition) is 3. The highest BCUT2D eigenvalue weighted by Crippen LogP contribution is 2.22. The average molecular weight is 312 g/mol. The molecule has 0 spiro atoms. The average Bonchev–Trinajstić information content (AvgIpc) is 2.35. The van der Waals surface area contributed by atoms with Crippen molar-refractivity contribution < 1.29 is 8.42 Å². The van der Waals surface area contributed by atoms with Crippen molar-refractivity contribution >= 4 is 10.0 Å². The first-order valence-electron chi connectivity index (χ1n) is 7.32. The van der Waals surface area contributed by atoms with Gasteiger partial charge in [0.1, 0.15) is 0 Å². The fourth-order valence-electron chi connectivity index (χ4n) is 1.92. The minimum atomic E-state index is -3.19. The monoisotopic (exact) mass is 312 g/mol. The van der Waals surface area contributed by atoms with Crippen LogP contribution < -0.4 is 4.72 Å². The molecule has 1 rings (SSSR count). The van der Waals surface area contributed by atoms with Crippen molar-refractivity contribution in [3.05, 3.63) is 35.4 Å². The molecule has 0 heterocycles. The van der Waals surface area contributed by atoms with Crippen molar-refractivity contribution in [1.29, 1.82) is 0 Å². The van der Waals surface area contributed by atoms with Gasteiger partial charge in [-0.3, -0.25) is 0 Å². The van der Waals surface area contributed by atoms with E-state index in [1.54, 1.807) is 0 Å². The van der Waals surface area contributed by atoms with Gasteiger partial charge in [0.25, 0.3) is 0 Å². The van der Waals surface area contributed by atoms with Crippen molar-refractivity contribution in [2.45, 2.75) is 32.6 Å². The second-order valence-corrected chi connectivity index (χ2v) is 8.64. The first kappa shape index (κ1) is 18.1. The third-order valence-electron chi connectivity index (χ3n) is 3.36. The Hall–Kier alpha value is -0.910. The standard InChI is InChI=1S/C16H28N2O2S/c1-16(2,3)15-8-6-14(7-9-15)10-13-21(19,20)17-11-12-18(4)5/h6-9,17H,10-13H2,1-5H3. The molecule has 4 nitrogen and oxygen atoms in total. The zero-order chi connectivity index (χ0) is 16.1. The zero-order valence-electron chi connectivity index (χ0n) is 13.8. The highest BCUT2D eigenvalue weighted by Gasteiger charge is 2.14. The van der Waals surface area contributed by atoms with E-state index in [0.29, 0.717) is 19.5 Å². The lowest BCUT2D eigenvalue weighted by atomic mass is 9.86. The molecule has 0 radical (unpaired) electrons. The highest BCUT2D eigenvalue weighted by molar-refractivity contribution is 7.89. The molecule has 0 aromatic heterocycles. The van der Waals surface area contributed by atoms with Crippen LogP contribution in [0.15, 0.2) is 24.3 Å². The minimum Gasteiger partial charge on any atom is -0.308 e.